The predicted octanol–water partition coefficient (Wildman–Crippen LogP) is 6.22. The van der Waals surface area contributed by atoms with Crippen LogP contribution in [0.4, 0.5) is 0 Å². The van der Waals surface area contributed by atoms with Crippen molar-refractivity contribution in [2.24, 2.45) is 0 Å². The molecule has 6 aromatic rings. The maximum absolute atomic E-state index is 16.6. The van der Waals surface area contributed by atoms with Gasteiger partial charge in [0.1, 0.15) is 31.8 Å². The molecule has 5 heteroatoms. The Bertz CT molecular complexity index is 1490. The zero-order valence-electron chi connectivity index (χ0n) is 22.4. The molecule has 2 nitrogen and oxygen atoms in total. The number of rotatable bonds is 8. The summed E-state index contributed by atoms with van der Waals surface area (Å²) in [5.41, 5.74) is 0. The molecule has 200 valence electrons. The molecule has 0 amide bonds. The molecule has 0 fully saturated rings. The molecule has 0 atom stereocenters. The van der Waals surface area contributed by atoms with Gasteiger partial charge in [0.2, 0.25) is 0 Å². The maximum Gasteiger partial charge on any atom is 0.390 e. The van der Waals surface area contributed by atoms with Gasteiger partial charge in [0.25, 0.3) is 12.9 Å². The van der Waals surface area contributed by atoms with Crippen molar-refractivity contribution < 1.29 is 8.42 Å². The largest absolute Gasteiger partial charge is 0.390 e. The van der Waals surface area contributed by atoms with Crippen LogP contribution in [-0.2, 0) is 9.08 Å². The number of hydrogen-bond acceptors (Lipinski definition) is 2. The lowest BCUT2D eigenvalue weighted by atomic mass is 10.4. The molecule has 0 saturated carbocycles. The Morgan fingerprint density at radius 2 is 0.415 bits per heavy atom. The summed E-state index contributed by atoms with van der Waals surface area (Å²) in [4.78, 5) is 0. The Morgan fingerprint density at radius 1 is 0.268 bits per heavy atom. The molecule has 0 aliphatic rings. The molecule has 0 heterocycles. The lowest BCUT2D eigenvalue weighted by Crippen LogP contribution is -2.44. The molecule has 0 aliphatic heterocycles. The minimum Gasteiger partial charge on any atom is -0.154 e. The van der Waals surface area contributed by atoms with E-state index in [-0.39, 0.29) is 0 Å². The molecule has 0 radical (unpaired) electrons. The first-order valence-electron chi connectivity index (χ1n) is 13.5. The highest BCUT2D eigenvalue weighted by Crippen LogP contribution is 2.79. The fourth-order valence-electron chi connectivity index (χ4n) is 5.70. The molecule has 0 N–H and O–H groups in total. The van der Waals surface area contributed by atoms with Gasteiger partial charge >= 0.3 is 9.08 Å². The minimum atomic E-state index is -4.08. The Labute approximate surface area is 243 Å². The van der Waals surface area contributed by atoms with Crippen molar-refractivity contribution in [3.05, 3.63) is 182 Å². The topological polar surface area (TPSA) is 34.1 Å². The van der Waals surface area contributed by atoms with Gasteiger partial charge in [-0.1, -0.05) is 109 Å². The summed E-state index contributed by atoms with van der Waals surface area (Å²) in [5, 5.41) is 4.94. The molecular formula is C36H30O2P2S+2. The van der Waals surface area contributed by atoms with Crippen LogP contribution in [0, 0.1) is 0 Å². The predicted molar refractivity (Wildman–Crippen MR) is 179 cm³/mol. The van der Waals surface area contributed by atoms with Crippen molar-refractivity contribution in [2.75, 3.05) is 0 Å². The van der Waals surface area contributed by atoms with Crippen molar-refractivity contribution in [1.82, 2.24) is 0 Å². The summed E-state index contributed by atoms with van der Waals surface area (Å²) in [6.07, 6.45) is 0. The highest BCUT2D eigenvalue weighted by atomic mass is 33.1. The van der Waals surface area contributed by atoms with Crippen LogP contribution in [-0.4, -0.2) is 8.42 Å². The van der Waals surface area contributed by atoms with Crippen molar-refractivity contribution in [3.8, 4) is 0 Å². The van der Waals surface area contributed by atoms with Gasteiger partial charge < -0.3 is 0 Å². The first kappa shape index (κ1) is 27.3. The van der Waals surface area contributed by atoms with E-state index < -0.39 is 22.0 Å². The van der Waals surface area contributed by atoms with Crippen LogP contribution in [0.2, 0.25) is 0 Å². The lowest BCUT2D eigenvalue weighted by Gasteiger charge is -2.33. The third kappa shape index (κ3) is 4.37. The third-order valence-electron chi connectivity index (χ3n) is 7.41. The second kappa shape index (κ2) is 11.6. The van der Waals surface area contributed by atoms with E-state index in [2.05, 4.69) is 0 Å². The summed E-state index contributed by atoms with van der Waals surface area (Å²) in [5.74, 6) is 0. The zero-order valence-corrected chi connectivity index (χ0v) is 25.0. The van der Waals surface area contributed by atoms with Gasteiger partial charge in [-0.15, -0.1) is 0 Å². The molecule has 6 aromatic carbocycles. The highest BCUT2D eigenvalue weighted by molar-refractivity contribution is 8.94. The Kier molecular flexibility index (Phi) is 7.69. The van der Waals surface area contributed by atoms with E-state index in [4.69, 9.17) is 0 Å². The normalized spacial score (nSPS) is 12.1. The van der Waals surface area contributed by atoms with Gasteiger partial charge in [-0.25, -0.2) is 0 Å². The molecule has 41 heavy (non-hydrogen) atoms. The Hall–Kier alpha value is -3.87. The first-order chi connectivity index (χ1) is 20.1. The van der Waals surface area contributed by atoms with Crippen LogP contribution in [0.5, 0.6) is 0 Å². The van der Waals surface area contributed by atoms with E-state index >= 15 is 8.42 Å². The number of hydrogen-bond donors (Lipinski definition) is 0. The molecule has 0 aromatic heterocycles. The lowest BCUT2D eigenvalue weighted by molar-refractivity contribution is 0.621. The van der Waals surface area contributed by atoms with Gasteiger partial charge in [0, 0.05) is 0 Å². The maximum atomic E-state index is 16.6. The van der Waals surface area contributed by atoms with E-state index in [0.717, 1.165) is 31.8 Å². The van der Waals surface area contributed by atoms with E-state index in [1.54, 1.807) is 0 Å². The second-order valence-corrected chi connectivity index (χ2v) is 23.1. The zero-order chi connectivity index (χ0) is 28.2. The van der Waals surface area contributed by atoms with Crippen molar-refractivity contribution in [3.63, 3.8) is 0 Å². The summed E-state index contributed by atoms with van der Waals surface area (Å²) < 4.78 is 33.2. The van der Waals surface area contributed by atoms with Crippen molar-refractivity contribution in [1.29, 1.82) is 0 Å². The Morgan fingerprint density at radius 3 is 0.561 bits per heavy atom. The van der Waals surface area contributed by atoms with E-state index in [9.17, 15) is 0 Å². The summed E-state index contributed by atoms with van der Waals surface area (Å²) in [6.45, 7) is -6.70. The summed E-state index contributed by atoms with van der Waals surface area (Å²) in [7, 11) is -4.08. The van der Waals surface area contributed by atoms with Crippen molar-refractivity contribution in [2.45, 2.75) is 0 Å². The fraction of sp³-hybridized carbons (Fsp3) is 0. The van der Waals surface area contributed by atoms with Crippen molar-refractivity contribution >= 4 is 53.8 Å². The van der Waals surface area contributed by atoms with Gasteiger partial charge in [-0.2, -0.15) is 8.42 Å². The first-order valence-corrected chi connectivity index (χ1v) is 19.8. The van der Waals surface area contributed by atoms with E-state index in [1.165, 1.54) is 0 Å². The molecule has 0 bridgehead atoms. The van der Waals surface area contributed by atoms with Gasteiger partial charge in [0.15, 0.2) is 0 Å². The highest BCUT2D eigenvalue weighted by Gasteiger charge is 2.74. The van der Waals surface area contributed by atoms with Crippen LogP contribution in [0.25, 0.3) is 0 Å². The minimum absolute atomic E-state index is 0.824. The van der Waals surface area contributed by atoms with Crippen LogP contribution >= 0.6 is 12.9 Å². The molecule has 0 saturated heterocycles. The smallest absolute Gasteiger partial charge is 0.154 e. The summed E-state index contributed by atoms with van der Waals surface area (Å²) in [6, 6.07) is 59.2. The molecular weight excluding hydrogens is 558 g/mol. The molecule has 0 aliphatic carbocycles. The van der Waals surface area contributed by atoms with Gasteiger partial charge in [0.05, 0.1) is 0 Å². The van der Waals surface area contributed by atoms with Crippen LogP contribution in [0.3, 0.4) is 0 Å². The Balaban J connectivity index is 1.88. The second-order valence-electron chi connectivity index (χ2n) is 9.68. The van der Waals surface area contributed by atoms with Crippen LogP contribution < -0.4 is 31.8 Å². The van der Waals surface area contributed by atoms with Crippen LogP contribution in [0.1, 0.15) is 0 Å². The average Bonchev–Trinajstić information content (AvgIpc) is 3.05. The summed E-state index contributed by atoms with van der Waals surface area (Å²) >= 11 is 0. The quantitative estimate of drug-likeness (QED) is 0.198. The van der Waals surface area contributed by atoms with Gasteiger partial charge in [-0.05, 0) is 72.8 Å². The molecule has 6 rings (SSSR count). The van der Waals surface area contributed by atoms with Gasteiger partial charge in [-0.3, -0.25) is 0 Å². The monoisotopic (exact) mass is 588 g/mol. The molecule has 0 spiro atoms. The average molecular weight is 589 g/mol. The third-order valence-corrected chi connectivity index (χ3v) is 27.3. The fourth-order valence-corrected chi connectivity index (χ4v) is 29.5. The molecule has 0 unspecified atom stereocenters. The van der Waals surface area contributed by atoms with Crippen LogP contribution in [0.15, 0.2) is 182 Å². The standard InChI is InChI=1S/C36H30O2P2S/c37-41(38,39(31-19-7-1-8-20-31,32-21-9-2-10-22-32)33-23-11-3-12-24-33)40(34-25-13-4-14-26-34,35-27-15-5-16-28-35)36-29-17-6-18-30-36/h1-30H/q+2. The van der Waals surface area contributed by atoms with E-state index in [1.807, 2.05) is 182 Å². The number of benzene rings is 6. The van der Waals surface area contributed by atoms with E-state index in [0.29, 0.717) is 0 Å². The SMILES string of the molecule is O=S(=O)([P+](c1ccccc1)(c1ccccc1)c1ccccc1)[P+](c1ccccc1)(c1ccccc1)c1ccccc1.